The van der Waals surface area contributed by atoms with E-state index in [4.69, 9.17) is 5.73 Å². The number of nitrogens with zero attached hydrogens (tertiary/aromatic N) is 1. The minimum atomic E-state index is -0.881. The van der Waals surface area contributed by atoms with Gasteiger partial charge in [0.2, 0.25) is 11.8 Å². The van der Waals surface area contributed by atoms with E-state index >= 15 is 0 Å². The maximum Gasteiger partial charge on any atom is 0.252 e. The number of hydrogen-bond donors (Lipinski definition) is 4. The van der Waals surface area contributed by atoms with Crippen molar-refractivity contribution < 1.29 is 14.4 Å². The van der Waals surface area contributed by atoms with Crippen LogP contribution < -0.4 is 21.7 Å². The summed E-state index contributed by atoms with van der Waals surface area (Å²) in [6.07, 6.45) is 1.35. The second kappa shape index (κ2) is 8.52. The van der Waals surface area contributed by atoms with Crippen LogP contribution in [0.4, 0.5) is 0 Å². The van der Waals surface area contributed by atoms with Crippen molar-refractivity contribution in [1.29, 1.82) is 0 Å². The third-order valence-electron chi connectivity index (χ3n) is 4.41. The normalized spacial score (nSPS) is 25.7. The van der Waals surface area contributed by atoms with Gasteiger partial charge in [-0.1, -0.05) is 18.2 Å². The summed E-state index contributed by atoms with van der Waals surface area (Å²) in [7, 11) is 0. The number of likely N-dealkylation sites (tertiary alicyclic amines) is 1. The first kappa shape index (κ1) is 18.7. The molecule has 26 heavy (non-hydrogen) atoms. The molecule has 0 spiro atoms. The summed E-state index contributed by atoms with van der Waals surface area (Å²) in [6.45, 7) is 1.61. The van der Waals surface area contributed by atoms with Crippen LogP contribution in [-0.4, -0.2) is 59.2 Å². The van der Waals surface area contributed by atoms with E-state index in [-0.39, 0.29) is 23.5 Å². The summed E-state index contributed by atoms with van der Waals surface area (Å²) >= 11 is 1.29. The molecule has 2 saturated heterocycles. The van der Waals surface area contributed by atoms with Gasteiger partial charge in [-0.25, -0.2) is 0 Å². The molecule has 0 aromatic heterocycles. The van der Waals surface area contributed by atoms with Gasteiger partial charge in [0.1, 0.15) is 11.5 Å². The van der Waals surface area contributed by atoms with E-state index in [1.165, 1.54) is 11.8 Å². The quantitative estimate of drug-likeness (QED) is 0.546. The molecule has 0 saturated carbocycles. The lowest BCUT2D eigenvalue weighted by atomic mass is 10.1. The summed E-state index contributed by atoms with van der Waals surface area (Å²) in [6, 6.07) is 7.75. The zero-order valence-electron chi connectivity index (χ0n) is 14.3. The van der Waals surface area contributed by atoms with E-state index in [0.29, 0.717) is 5.56 Å². The van der Waals surface area contributed by atoms with Gasteiger partial charge in [-0.15, -0.1) is 11.8 Å². The Bertz CT molecular complexity index is 666. The van der Waals surface area contributed by atoms with Gasteiger partial charge in [0.15, 0.2) is 0 Å². The molecule has 1 aromatic carbocycles. The van der Waals surface area contributed by atoms with E-state index in [9.17, 15) is 14.4 Å². The lowest BCUT2D eigenvalue weighted by molar-refractivity contribution is -0.128. The Hall–Kier alpha value is -2.10. The molecule has 3 rings (SSSR count). The Morgan fingerprint density at radius 2 is 1.92 bits per heavy atom. The molecule has 3 unspecified atom stereocenters. The fourth-order valence-electron chi connectivity index (χ4n) is 2.97. The Morgan fingerprint density at radius 1 is 1.23 bits per heavy atom. The number of thioether (sulfide) groups is 1. The van der Waals surface area contributed by atoms with Crippen LogP contribution >= 0.6 is 11.8 Å². The molecule has 9 heteroatoms. The Balaban J connectivity index is 1.50. The van der Waals surface area contributed by atoms with E-state index in [0.717, 1.165) is 25.9 Å². The first-order chi connectivity index (χ1) is 12.5. The molecule has 2 aliphatic heterocycles. The van der Waals surface area contributed by atoms with Crippen LogP contribution in [-0.2, 0) is 9.59 Å². The highest BCUT2D eigenvalue weighted by Crippen LogP contribution is 2.15. The Labute approximate surface area is 156 Å². The molecular weight excluding hydrogens is 354 g/mol. The SMILES string of the molecule is NC1NC(SCC(=O)N2CCCC2)NC(=O)C1NC(=O)c1ccccc1. The van der Waals surface area contributed by atoms with Crippen molar-refractivity contribution >= 4 is 29.5 Å². The lowest BCUT2D eigenvalue weighted by Gasteiger charge is -2.35. The summed E-state index contributed by atoms with van der Waals surface area (Å²) in [5.41, 5.74) is 6.01. The molecule has 2 heterocycles. The van der Waals surface area contributed by atoms with Gasteiger partial charge in [0.25, 0.3) is 5.91 Å². The first-order valence-corrected chi connectivity index (χ1v) is 9.67. The fourth-order valence-corrected chi connectivity index (χ4v) is 3.91. The third-order valence-corrected chi connectivity index (χ3v) is 5.41. The molecule has 0 aliphatic carbocycles. The Kier molecular flexibility index (Phi) is 6.12. The molecule has 3 amide bonds. The van der Waals surface area contributed by atoms with E-state index in [1.54, 1.807) is 24.3 Å². The third kappa shape index (κ3) is 4.54. The standard InChI is InChI=1S/C17H23N5O3S/c18-14-13(19-15(24)11-6-2-1-3-7-11)16(25)21-17(20-14)26-10-12(23)22-8-4-5-9-22/h1-3,6-7,13-14,17,20H,4-5,8-10,18H2,(H,19,24)(H,21,25). The van der Waals surface area contributed by atoms with Crippen molar-refractivity contribution in [3.05, 3.63) is 35.9 Å². The maximum atomic E-state index is 12.3. The molecule has 3 atom stereocenters. The number of hydrogen-bond acceptors (Lipinski definition) is 6. The second-order valence-corrected chi connectivity index (χ2v) is 7.39. The van der Waals surface area contributed by atoms with Gasteiger partial charge in [-0.2, -0.15) is 0 Å². The molecule has 2 fully saturated rings. The summed E-state index contributed by atoms with van der Waals surface area (Å²) in [5, 5.41) is 8.41. The van der Waals surface area contributed by atoms with E-state index in [1.807, 2.05) is 11.0 Å². The lowest BCUT2D eigenvalue weighted by Crippen LogP contribution is -2.70. The zero-order chi connectivity index (χ0) is 18.5. The van der Waals surface area contributed by atoms with Gasteiger partial charge in [0.05, 0.1) is 11.9 Å². The average molecular weight is 377 g/mol. The van der Waals surface area contributed by atoms with Gasteiger partial charge < -0.3 is 21.3 Å². The van der Waals surface area contributed by atoms with Crippen LogP contribution in [0.5, 0.6) is 0 Å². The van der Waals surface area contributed by atoms with Crippen LogP contribution in [0.15, 0.2) is 30.3 Å². The first-order valence-electron chi connectivity index (χ1n) is 8.62. The van der Waals surface area contributed by atoms with E-state index < -0.39 is 17.7 Å². The molecule has 8 nitrogen and oxygen atoms in total. The topological polar surface area (TPSA) is 117 Å². The van der Waals surface area contributed by atoms with Crippen molar-refractivity contribution in [1.82, 2.24) is 20.9 Å². The van der Waals surface area contributed by atoms with Crippen molar-refractivity contribution in [3.8, 4) is 0 Å². The second-order valence-electron chi connectivity index (χ2n) is 6.30. The van der Waals surface area contributed by atoms with Crippen molar-refractivity contribution in [2.45, 2.75) is 30.5 Å². The smallest absolute Gasteiger partial charge is 0.252 e. The van der Waals surface area contributed by atoms with Crippen LogP contribution in [0.2, 0.25) is 0 Å². The number of rotatable bonds is 5. The molecule has 1 aromatic rings. The van der Waals surface area contributed by atoms with Gasteiger partial charge in [-0.3, -0.25) is 19.7 Å². The molecular formula is C17H23N5O3S. The van der Waals surface area contributed by atoms with Gasteiger partial charge in [0, 0.05) is 18.7 Å². The van der Waals surface area contributed by atoms with Crippen molar-refractivity contribution in [2.24, 2.45) is 5.73 Å². The minimum absolute atomic E-state index is 0.0663. The predicted molar refractivity (Wildman–Crippen MR) is 99.0 cm³/mol. The highest BCUT2D eigenvalue weighted by molar-refractivity contribution is 8.00. The average Bonchev–Trinajstić information content (AvgIpc) is 3.18. The molecule has 2 aliphatic rings. The fraction of sp³-hybridized carbons (Fsp3) is 0.471. The largest absolute Gasteiger partial charge is 0.342 e. The monoisotopic (exact) mass is 377 g/mol. The number of carbonyl (C=O) groups is 3. The highest BCUT2D eigenvalue weighted by Gasteiger charge is 2.35. The molecule has 0 bridgehead atoms. The van der Waals surface area contributed by atoms with Crippen LogP contribution in [0.25, 0.3) is 0 Å². The van der Waals surface area contributed by atoms with E-state index in [2.05, 4.69) is 16.0 Å². The number of nitrogens with two attached hydrogens (primary N) is 1. The summed E-state index contributed by atoms with van der Waals surface area (Å²) in [5.74, 6) is -0.396. The number of benzene rings is 1. The summed E-state index contributed by atoms with van der Waals surface area (Å²) < 4.78 is 0. The molecule has 5 N–H and O–H groups in total. The van der Waals surface area contributed by atoms with Crippen LogP contribution in [0, 0.1) is 0 Å². The minimum Gasteiger partial charge on any atom is -0.342 e. The number of carbonyl (C=O) groups excluding carboxylic acids is 3. The van der Waals surface area contributed by atoms with Crippen LogP contribution in [0.1, 0.15) is 23.2 Å². The maximum absolute atomic E-state index is 12.3. The predicted octanol–water partition coefficient (Wildman–Crippen LogP) is -0.572. The number of amides is 3. The molecule has 140 valence electrons. The number of nitrogens with one attached hydrogen (secondary N) is 3. The highest BCUT2D eigenvalue weighted by atomic mass is 32.2. The van der Waals surface area contributed by atoms with Gasteiger partial charge in [-0.05, 0) is 25.0 Å². The summed E-state index contributed by atoms with van der Waals surface area (Å²) in [4.78, 5) is 38.5. The van der Waals surface area contributed by atoms with Gasteiger partial charge >= 0.3 is 0 Å². The van der Waals surface area contributed by atoms with Crippen molar-refractivity contribution in [2.75, 3.05) is 18.8 Å². The Morgan fingerprint density at radius 3 is 2.58 bits per heavy atom. The van der Waals surface area contributed by atoms with Crippen LogP contribution in [0.3, 0.4) is 0 Å². The molecule has 0 radical (unpaired) electrons. The van der Waals surface area contributed by atoms with Crippen molar-refractivity contribution in [3.63, 3.8) is 0 Å². The zero-order valence-corrected chi connectivity index (χ0v) is 15.1.